The van der Waals surface area contributed by atoms with Crippen molar-refractivity contribution >= 4 is 11.6 Å². The molecule has 0 aliphatic carbocycles. The largest absolute Gasteiger partial charge is 0.326 e. The molecule has 2 heteroatoms. The average Bonchev–Trinajstić information content (AvgIpc) is 2.28. The van der Waals surface area contributed by atoms with Crippen LogP contribution in [0.15, 0.2) is 36.4 Å². The highest BCUT2D eigenvalue weighted by atomic mass is 35.5. The average molecular weight is 246 g/mol. The number of aryl methyl sites for hydroxylation is 2. The highest BCUT2D eigenvalue weighted by molar-refractivity contribution is 6.31. The SMILES string of the molecule is Cc1cc(C)cc(-c2ccc(Cl)c(CN)c2)c1. The molecule has 0 saturated heterocycles. The Hall–Kier alpha value is -1.31. The van der Waals surface area contributed by atoms with Crippen LogP contribution in [0.4, 0.5) is 0 Å². The minimum Gasteiger partial charge on any atom is -0.326 e. The lowest BCUT2D eigenvalue weighted by Gasteiger charge is -2.08. The molecular formula is C15H16ClN. The number of hydrogen-bond acceptors (Lipinski definition) is 1. The highest BCUT2D eigenvalue weighted by Crippen LogP contribution is 2.26. The summed E-state index contributed by atoms with van der Waals surface area (Å²) in [6, 6.07) is 12.5. The van der Waals surface area contributed by atoms with E-state index >= 15 is 0 Å². The summed E-state index contributed by atoms with van der Waals surface area (Å²) in [7, 11) is 0. The third kappa shape index (κ3) is 2.68. The molecule has 17 heavy (non-hydrogen) atoms. The topological polar surface area (TPSA) is 26.0 Å². The van der Waals surface area contributed by atoms with Gasteiger partial charge in [-0.1, -0.05) is 47.0 Å². The molecule has 0 unspecified atom stereocenters. The molecule has 0 fully saturated rings. The first-order valence-corrected chi connectivity index (χ1v) is 6.05. The van der Waals surface area contributed by atoms with Gasteiger partial charge in [0.2, 0.25) is 0 Å². The van der Waals surface area contributed by atoms with Gasteiger partial charge in [-0.05, 0) is 42.7 Å². The van der Waals surface area contributed by atoms with Gasteiger partial charge in [-0.2, -0.15) is 0 Å². The van der Waals surface area contributed by atoms with Crippen LogP contribution in [0.2, 0.25) is 5.02 Å². The Labute approximate surface area is 107 Å². The van der Waals surface area contributed by atoms with E-state index in [0.29, 0.717) is 6.54 Å². The van der Waals surface area contributed by atoms with Gasteiger partial charge in [0.05, 0.1) is 0 Å². The standard InChI is InChI=1S/C15H16ClN/c1-10-5-11(2)7-13(6-10)12-3-4-15(16)14(8-12)9-17/h3-8H,9,17H2,1-2H3. The van der Waals surface area contributed by atoms with Gasteiger partial charge in [0.15, 0.2) is 0 Å². The first kappa shape index (κ1) is 12.2. The summed E-state index contributed by atoms with van der Waals surface area (Å²) < 4.78 is 0. The lowest BCUT2D eigenvalue weighted by atomic mass is 9.99. The van der Waals surface area contributed by atoms with Gasteiger partial charge in [0, 0.05) is 11.6 Å². The molecule has 0 saturated carbocycles. The van der Waals surface area contributed by atoms with E-state index in [-0.39, 0.29) is 0 Å². The zero-order chi connectivity index (χ0) is 12.4. The molecule has 2 aromatic rings. The summed E-state index contributed by atoms with van der Waals surface area (Å²) in [5.41, 5.74) is 11.6. The molecule has 0 bridgehead atoms. The van der Waals surface area contributed by atoms with Gasteiger partial charge in [-0.3, -0.25) is 0 Å². The van der Waals surface area contributed by atoms with Gasteiger partial charge < -0.3 is 5.73 Å². The maximum absolute atomic E-state index is 6.07. The van der Waals surface area contributed by atoms with Crippen LogP contribution in [0.25, 0.3) is 11.1 Å². The maximum atomic E-state index is 6.07. The van der Waals surface area contributed by atoms with Crippen LogP contribution in [0, 0.1) is 13.8 Å². The van der Waals surface area contributed by atoms with E-state index < -0.39 is 0 Å². The molecule has 0 aliphatic heterocycles. The molecule has 0 amide bonds. The molecule has 1 nitrogen and oxygen atoms in total. The van der Waals surface area contributed by atoms with Crippen molar-refractivity contribution in [1.82, 2.24) is 0 Å². The minimum atomic E-state index is 0.470. The van der Waals surface area contributed by atoms with Crippen molar-refractivity contribution in [3.63, 3.8) is 0 Å². The highest BCUT2D eigenvalue weighted by Gasteiger charge is 2.03. The zero-order valence-corrected chi connectivity index (χ0v) is 10.9. The quantitative estimate of drug-likeness (QED) is 0.848. The van der Waals surface area contributed by atoms with E-state index in [2.05, 4.69) is 38.1 Å². The van der Waals surface area contributed by atoms with Crippen LogP contribution in [0.1, 0.15) is 16.7 Å². The van der Waals surface area contributed by atoms with Gasteiger partial charge in [-0.15, -0.1) is 0 Å². The monoisotopic (exact) mass is 245 g/mol. The number of hydrogen-bond donors (Lipinski definition) is 1. The summed E-state index contributed by atoms with van der Waals surface area (Å²) in [5.74, 6) is 0. The fourth-order valence-electron chi connectivity index (χ4n) is 2.05. The minimum absolute atomic E-state index is 0.470. The first-order valence-electron chi connectivity index (χ1n) is 5.67. The van der Waals surface area contributed by atoms with Crippen LogP contribution < -0.4 is 5.73 Å². The Kier molecular flexibility index (Phi) is 3.51. The van der Waals surface area contributed by atoms with Crippen molar-refractivity contribution in [1.29, 1.82) is 0 Å². The molecule has 0 radical (unpaired) electrons. The van der Waals surface area contributed by atoms with Crippen molar-refractivity contribution in [2.45, 2.75) is 20.4 Å². The second-order valence-corrected chi connectivity index (χ2v) is 4.79. The van der Waals surface area contributed by atoms with Gasteiger partial charge >= 0.3 is 0 Å². The van der Waals surface area contributed by atoms with Crippen LogP contribution in [-0.4, -0.2) is 0 Å². The third-order valence-electron chi connectivity index (χ3n) is 2.82. The molecule has 2 aromatic carbocycles. The van der Waals surface area contributed by atoms with Crippen LogP contribution in [0.3, 0.4) is 0 Å². The molecule has 2 rings (SSSR count). The molecule has 0 atom stereocenters. The third-order valence-corrected chi connectivity index (χ3v) is 3.19. The molecular weight excluding hydrogens is 230 g/mol. The van der Waals surface area contributed by atoms with Crippen molar-refractivity contribution in [2.24, 2.45) is 5.73 Å². The molecule has 0 spiro atoms. The Morgan fingerprint density at radius 1 is 0.941 bits per heavy atom. The lowest BCUT2D eigenvalue weighted by Crippen LogP contribution is -1.97. The van der Waals surface area contributed by atoms with E-state index in [1.54, 1.807) is 0 Å². The van der Waals surface area contributed by atoms with E-state index in [1.165, 1.54) is 22.3 Å². The van der Waals surface area contributed by atoms with Crippen molar-refractivity contribution < 1.29 is 0 Å². The Balaban J connectivity index is 2.52. The fourth-order valence-corrected chi connectivity index (χ4v) is 2.25. The van der Waals surface area contributed by atoms with E-state index in [9.17, 15) is 0 Å². The number of halogens is 1. The van der Waals surface area contributed by atoms with Crippen molar-refractivity contribution in [2.75, 3.05) is 0 Å². The second-order valence-electron chi connectivity index (χ2n) is 4.39. The molecule has 88 valence electrons. The summed E-state index contributed by atoms with van der Waals surface area (Å²) >= 11 is 6.07. The molecule has 0 aliphatic rings. The van der Waals surface area contributed by atoms with Crippen molar-refractivity contribution in [3.05, 3.63) is 58.1 Å². The van der Waals surface area contributed by atoms with E-state index in [1.807, 2.05) is 12.1 Å². The Bertz CT molecular complexity index is 526. The Morgan fingerprint density at radius 2 is 1.59 bits per heavy atom. The first-order chi connectivity index (χ1) is 8.10. The number of rotatable bonds is 2. The molecule has 2 N–H and O–H groups in total. The van der Waals surface area contributed by atoms with Crippen LogP contribution >= 0.6 is 11.6 Å². The summed E-state index contributed by atoms with van der Waals surface area (Å²) in [5, 5.41) is 0.737. The zero-order valence-electron chi connectivity index (χ0n) is 10.1. The normalized spacial score (nSPS) is 10.6. The van der Waals surface area contributed by atoms with Crippen molar-refractivity contribution in [3.8, 4) is 11.1 Å². The maximum Gasteiger partial charge on any atom is 0.0451 e. The van der Waals surface area contributed by atoms with Gasteiger partial charge in [0.1, 0.15) is 0 Å². The van der Waals surface area contributed by atoms with Gasteiger partial charge in [-0.25, -0.2) is 0 Å². The van der Waals surface area contributed by atoms with E-state index in [0.717, 1.165) is 10.6 Å². The van der Waals surface area contributed by atoms with E-state index in [4.69, 9.17) is 17.3 Å². The lowest BCUT2D eigenvalue weighted by molar-refractivity contribution is 1.07. The van der Waals surface area contributed by atoms with Crippen LogP contribution in [0.5, 0.6) is 0 Å². The van der Waals surface area contributed by atoms with Gasteiger partial charge in [0.25, 0.3) is 0 Å². The summed E-state index contributed by atoms with van der Waals surface area (Å²) in [6.45, 7) is 4.68. The second kappa shape index (κ2) is 4.91. The summed E-state index contributed by atoms with van der Waals surface area (Å²) in [6.07, 6.45) is 0. The fraction of sp³-hybridized carbons (Fsp3) is 0.200. The predicted octanol–water partition coefficient (Wildman–Crippen LogP) is 4.08. The molecule has 0 aromatic heterocycles. The number of benzene rings is 2. The molecule has 0 heterocycles. The smallest absolute Gasteiger partial charge is 0.0451 e. The van der Waals surface area contributed by atoms with Crippen LogP contribution in [-0.2, 0) is 6.54 Å². The Morgan fingerprint density at radius 3 is 2.18 bits per heavy atom. The predicted molar refractivity (Wildman–Crippen MR) is 74.3 cm³/mol. The number of nitrogens with two attached hydrogens (primary N) is 1. The summed E-state index contributed by atoms with van der Waals surface area (Å²) in [4.78, 5) is 0.